The first-order chi connectivity index (χ1) is 9.52. The fourth-order valence-electron chi connectivity index (χ4n) is 2.39. The zero-order valence-electron chi connectivity index (χ0n) is 10.6. The van der Waals surface area contributed by atoms with Gasteiger partial charge in [-0.3, -0.25) is 4.79 Å². The maximum Gasteiger partial charge on any atom is 0.586 e. The Kier molecular flexibility index (Phi) is 3.21. The number of carbonyl (C=O) groups is 1. The lowest BCUT2D eigenvalue weighted by Gasteiger charge is -2.09. The highest BCUT2D eigenvalue weighted by Crippen LogP contribution is 2.42. The Bertz CT molecular complexity index is 530. The SMILES string of the molecule is O=C(CC1CCNC1)Nc1ccc2c(c1)OC(F)(F)O2. The van der Waals surface area contributed by atoms with Crippen LogP contribution in [0.5, 0.6) is 11.5 Å². The predicted molar refractivity (Wildman–Crippen MR) is 66.9 cm³/mol. The summed E-state index contributed by atoms with van der Waals surface area (Å²) >= 11 is 0. The van der Waals surface area contributed by atoms with Gasteiger partial charge in [0.15, 0.2) is 11.5 Å². The number of alkyl halides is 2. The molecular weight excluding hydrogens is 270 g/mol. The molecule has 0 aromatic heterocycles. The molecule has 108 valence electrons. The van der Waals surface area contributed by atoms with Crippen molar-refractivity contribution in [2.45, 2.75) is 19.1 Å². The molecule has 1 fully saturated rings. The molecule has 0 spiro atoms. The summed E-state index contributed by atoms with van der Waals surface area (Å²) in [5.74, 6) is 0.0843. The van der Waals surface area contributed by atoms with Gasteiger partial charge in [0, 0.05) is 18.2 Å². The van der Waals surface area contributed by atoms with Gasteiger partial charge in [-0.15, -0.1) is 8.78 Å². The van der Waals surface area contributed by atoms with Crippen LogP contribution in [0.4, 0.5) is 14.5 Å². The topological polar surface area (TPSA) is 59.6 Å². The molecule has 2 aliphatic heterocycles. The third-order valence-electron chi connectivity index (χ3n) is 3.32. The normalized spacial score (nSPS) is 22.8. The number of rotatable bonds is 3. The standard InChI is InChI=1S/C13H14F2N2O3/c14-13(15)19-10-2-1-9(6-11(10)20-13)17-12(18)5-8-3-4-16-7-8/h1-2,6,8,16H,3-5,7H2,(H,17,18). The van der Waals surface area contributed by atoms with Gasteiger partial charge < -0.3 is 20.1 Å². The van der Waals surface area contributed by atoms with Crippen molar-refractivity contribution < 1.29 is 23.0 Å². The van der Waals surface area contributed by atoms with Crippen LogP contribution >= 0.6 is 0 Å². The summed E-state index contributed by atoms with van der Waals surface area (Å²) in [4.78, 5) is 11.8. The van der Waals surface area contributed by atoms with E-state index >= 15 is 0 Å². The van der Waals surface area contributed by atoms with Crippen LogP contribution in [0.25, 0.3) is 0 Å². The zero-order chi connectivity index (χ0) is 14.2. The Morgan fingerprint density at radius 3 is 2.95 bits per heavy atom. The minimum absolute atomic E-state index is 0.0343. The van der Waals surface area contributed by atoms with Gasteiger partial charge in [0.2, 0.25) is 5.91 Å². The molecule has 1 atom stereocenters. The van der Waals surface area contributed by atoms with E-state index in [9.17, 15) is 13.6 Å². The number of amides is 1. The van der Waals surface area contributed by atoms with Gasteiger partial charge in [-0.2, -0.15) is 0 Å². The Hall–Kier alpha value is -1.89. The van der Waals surface area contributed by atoms with Crippen LogP contribution in [0.1, 0.15) is 12.8 Å². The van der Waals surface area contributed by atoms with Gasteiger partial charge in [-0.05, 0) is 37.6 Å². The second kappa shape index (κ2) is 4.90. The van der Waals surface area contributed by atoms with E-state index in [4.69, 9.17) is 0 Å². The minimum atomic E-state index is -3.64. The highest BCUT2D eigenvalue weighted by molar-refractivity contribution is 5.91. The highest BCUT2D eigenvalue weighted by atomic mass is 19.3. The molecule has 0 saturated carbocycles. The fourth-order valence-corrected chi connectivity index (χ4v) is 2.39. The number of fused-ring (bicyclic) bond motifs is 1. The average Bonchev–Trinajstić information content (AvgIpc) is 2.94. The van der Waals surface area contributed by atoms with Gasteiger partial charge in [-0.1, -0.05) is 0 Å². The van der Waals surface area contributed by atoms with Crippen molar-refractivity contribution in [3.63, 3.8) is 0 Å². The van der Waals surface area contributed by atoms with Crippen molar-refractivity contribution in [3.8, 4) is 11.5 Å². The number of benzene rings is 1. The Morgan fingerprint density at radius 2 is 2.20 bits per heavy atom. The van der Waals surface area contributed by atoms with Crippen LogP contribution < -0.4 is 20.1 Å². The van der Waals surface area contributed by atoms with E-state index in [1.807, 2.05) is 0 Å². The first-order valence-corrected chi connectivity index (χ1v) is 6.42. The van der Waals surface area contributed by atoms with Gasteiger partial charge in [0.05, 0.1) is 0 Å². The number of anilines is 1. The quantitative estimate of drug-likeness (QED) is 0.890. The maximum absolute atomic E-state index is 12.9. The van der Waals surface area contributed by atoms with E-state index in [0.717, 1.165) is 19.5 Å². The second-order valence-electron chi connectivity index (χ2n) is 4.94. The second-order valence-corrected chi connectivity index (χ2v) is 4.94. The molecule has 0 radical (unpaired) electrons. The Morgan fingerprint density at radius 1 is 1.40 bits per heavy atom. The van der Waals surface area contributed by atoms with Crippen LogP contribution in [-0.4, -0.2) is 25.3 Å². The molecule has 1 unspecified atom stereocenters. The molecule has 1 saturated heterocycles. The number of ether oxygens (including phenoxy) is 2. The van der Waals surface area contributed by atoms with Gasteiger partial charge in [0.25, 0.3) is 0 Å². The lowest BCUT2D eigenvalue weighted by molar-refractivity contribution is -0.286. The van der Waals surface area contributed by atoms with Crippen LogP contribution in [0.2, 0.25) is 0 Å². The summed E-state index contributed by atoms with van der Waals surface area (Å²) in [6.07, 6.45) is -2.25. The molecule has 2 aliphatic rings. The van der Waals surface area contributed by atoms with E-state index < -0.39 is 6.29 Å². The van der Waals surface area contributed by atoms with E-state index in [1.54, 1.807) is 0 Å². The molecule has 3 rings (SSSR count). The number of hydrogen-bond acceptors (Lipinski definition) is 4. The summed E-state index contributed by atoms with van der Waals surface area (Å²) in [7, 11) is 0. The zero-order valence-corrected chi connectivity index (χ0v) is 10.6. The molecule has 1 amide bonds. The molecule has 2 N–H and O–H groups in total. The van der Waals surface area contributed by atoms with E-state index in [2.05, 4.69) is 20.1 Å². The molecule has 0 aliphatic carbocycles. The lowest BCUT2D eigenvalue weighted by atomic mass is 10.0. The molecule has 5 nitrogen and oxygen atoms in total. The van der Waals surface area contributed by atoms with Crippen molar-refractivity contribution in [3.05, 3.63) is 18.2 Å². The van der Waals surface area contributed by atoms with Gasteiger partial charge in [-0.25, -0.2) is 0 Å². The van der Waals surface area contributed by atoms with Crippen molar-refractivity contribution in [2.24, 2.45) is 5.92 Å². The summed E-state index contributed by atoms with van der Waals surface area (Å²) in [5.41, 5.74) is 0.418. The molecule has 0 bridgehead atoms. The predicted octanol–water partition coefficient (Wildman–Crippen LogP) is 1.95. The molecule has 7 heteroatoms. The average molecular weight is 284 g/mol. The van der Waals surface area contributed by atoms with E-state index in [1.165, 1.54) is 18.2 Å². The van der Waals surface area contributed by atoms with Crippen molar-refractivity contribution in [1.29, 1.82) is 0 Å². The van der Waals surface area contributed by atoms with Gasteiger partial charge >= 0.3 is 6.29 Å². The number of hydrogen-bond donors (Lipinski definition) is 2. The summed E-state index contributed by atoms with van der Waals surface area (Å²) < 4.78 is 34.3. The maximum atomic E-state index is 12.9. The minimum Gasteiger partial charge on any atom is -0.395 e. The Labute approximate surface area is 114 Å². The third-order valence-corrected chi connectivity index (χ3v) is 3.32. The fraction of sp³-hybridized carbons (Fsp3) is 0.462. The Balaban J connectivity index is 1.62. The number of halogens is 2. The first kappa shape index (κ1) is 13.1. The van der Waals surface area contributed by atoms with Crippen LogP contribution in [0, 0.1) is 5.92 Å². The van der Waals surface area contributed by atoms with E-state index in [0.29, 0.717) is 18.0 Å². The third kappa shape index (κ3) is 2.82. The smallest absolute Gasteiger partial charge is 0.395 e. The van der Waals surface area contributed by atoms with Crippen LogP contribution in [0.3, 0.4) is 0 Å². The highest BCUT2D eigenvalue weighted by Gasteiger charge is 2.43. The molecule has 1 aromatic rings. The summed E-state index contributed by atoms with van der Waals surface area (Å²) in [5, 5.41) is 5.86. The molecule has 2 heterocycles. The van der Waals surface area contributed by atoms with Crippen LogP contribution in [0.15, 0.2) is 18.2 Å². The van der Waals surface area contributed by atoms with E-state index in [-0.39, 0.29) is 17.4 Å². The number of nitrogens with one attached hydrogen (secondary N) is 2. The number of carbonyl (C=O) groups excluding carboxylic acids is 1. The monoisotopic (exact) mass is 284 g/mol. The van der Waals surface area contributed by atoms with Crippen molar-refractivity contribution in [1.82, 2.24) is 5.32 Å². The lowest BCUT2D eigenvalue weighted by Crippen LogP contribution is -2.25. The largest absolute Gasteiger partial charge is 0.586 e. The van der Waals surface area contributed by atoms with Crippen molar-refractivity contribution >= 4 is 11.6 Å². The van der Waals surface area contributed by atoms with Crippen molar-refractivity contribution in [2.75, 3.05) is 18.4 Å². The van der Waals surface area contributed by atoms with Crippen LogP contribution in [-0.2, 0) is 4.79 Å². The molecule has 1 aromatic carbocycles. The summed E-state index contributed by atoms with van der Waals surface area (Å²) in [6, 6.07) is 4.19. The molecule has 20 heavy (non-hydrogen) atoms. The first-order valence-electron chi connectivity index (χ1n) is 6.42. The summed E-state index contributed by atoms with van der Waals surface area (Å²) in [6.45, 7) is 1.76. The molecular formula is C13H14F2N2O3. The van der Waals surface area contributed by atoms with Gasteiger partial charge in [0.1, 0.15) is 0 Å².